The molecule has 1 atom stereocenters. The van der Waals surface area contributed by atoms with Gasteiger partial charge in [0.1, 0.15) is 12.1 Å². The summed E-state index contributed by atoms with van der Waals surface area (Å²) >= 11 is 0. The van der Waals surface area contributed by atoms with Crippen molar-refractivity contribution in [3.05, 3.63) is 59.7 Å². The van der Waals surface area contributed by atoms with Crippen molar-refractivity contribution < 1.29 is 23.9 Å². The molecular weight excluding hydrogens is 446 g/mol. The van der Waals surface area contributed by atoms with E-state index in [-0.39, 0.29) is 12.5 Å². The molecule has 2 N–H and O–H groups in total. The standard InChI is InChI=1S/C27H35N3O5/c1-5-34-22-13-12-20(16-23(22)35-6-2)14-15-28-24(31)18-30-25(32)27(17-19(3)4,29-26(30)33)21-10-8-7-9-11-21/h7-13,16,19H,5-6,14-15,17-18H2,1-4H3,(H,28,31)(H,29,33). The number of imide groups is 1. The number of ether oxygens (including phenoxy) is 2. The molecule has 0 bridgehead atoms. The molecule has 1 saturated heterocycles. The third-order valence-electron chi connectivity index (χ3n) is 5.80. The number of hydrogen-bond acceptors (Lipinski definition) is 5. The second kappa shape index (κ2) is 11.7. The van der Waals surface area contributed by atoms with Crippen LogP contribution in [0, 0.1) is 5.92 Å². The van der Waals surface area contributed by atoms with Crippen molar-refractivity contribution in [3.8, 4) is 11.5 Å². The number of hydrogen-bond donors (Lipinski definition) is 2. The van der Waals surface area contributed by atoms with E-state index in [9.17, 15) is 14.4 Å². The van der Waals surface area contributed by atoms with Gasteiger partial charge in [0.2, 0.25) is 5.91 Å². The molecule has 3 rings (SSSR count). The van der Waals surface area contributed by atoms with Crippen molar-refractivity contribution in [1.82, 2.24) is 15.5 Å². The van der Waals surface area contributed by atoms with E-state index in [1.54, 1.807) is 0 Å². The Balaban J connectivity index is 1.62. The van der Waals surface area contributed by atoms with Gasteiger partial charge in [-0.3, -0.25) is 14.5 Å². The summed E-state index contributed by atoms with van der Waals surface area (Å²) in [6.45, 7) is 8.91. The zero-order valence-electron chi connectivity index (χ0n) is 20.9. The molecule has 2 aromatic carbocycles. The predicted octanol–water partition coefficient (Wildman–Crippen LogP) is 3.64. The molecule has 4 amide bonds. The van der Waals surface area contributed by atoms with Gasteiger partial charge >= 0.3 is 6.03 Å². The molecule has 1 unspecified atom stereocenters. The van der Waals surface area contributed by atoms with E-state index >= 15 is 0 Å². The first-order valence-corrected chi connectivity index (χ1v) is 12.2. The normalized spacial score (nSPS) is 17.5. The van der Waals surface area contributed by atoms with Gasteiger partial charge in [-0.1, -0.05) is 50.2 Å². The van der Waals surface area contributed by atoms with Crippen LogP contribution in [0.2, 0.25) is 0 Å². The quantitative estimate of drug-likeness (QED) is 0.451. The van der Waals surface area contributed by atoms with E-state index in [1.165, 1.54) is 0 Å². The fraction of sp³-hybridized carbons (Fsp3) is 0.444. The van der Waals surface area contributed by atoms with Crippen LogP contribution < -0.4 is 20.1 Å². The Bertz CT molecular complexity index is 1040. The maximum absolute atomic E-state index is 13.4. The molecule has 8 nitrogen and oxygen atoms in total. The van der Waals surface area contributed by atoms with Crippen LogP contribution >= 0.6 is 0 Å². The highest BCUT2D eigenvalue weighted by atomic mass is 16.5. The Morgan fingerprint density at radius 3 is 2.37 bits per heavy atom. The second-order valence-corrected chi connectivity index (χ2v) is 8.94. The van der Waals surface area contributed by atoms with Crippen molar-refractivity contribution in [1.29, 1.82) is 0 Å². The van der Waals surface area contributed by atoms with E-state index in [2.05, 4.69) is 10.6 Å². The third-order valence-corrected chi connectivity index (χ3v) is 5.80. The average molecular weight is 482 g/mol. The molecule has 1 fully saturated rings. The molecule has 1 aliphatic rings. The Hall–Kier alpha value is -3.55. The second-order valence-electron chi connectivity index (χ2n) is 8.94. The third kappa shape index (κ3) is 6.12. The Labute approximate surface area is 207 Å². The highest BCUT2D eigenvalue weighted by Gasteiger charge is 2.52. The van der Waals surface area contributed by atoms with E-state index in [4.69, 9.17) is 9.47 Å². The zero-order chi connectivity index (χ0) is 25.4. The van der Waals surface area contributed by atoms with Crippen LogP contribution in [0.15, 0.2) is 48.5 Å². The molecule has 1 aliphatic heterocycles. The highest BCUT2D eigenvalue weighted by Crippen LogP contribution is 2.35. The maximum Gasteiger partial charge on any atom is 0.325 e. The lowest BCUT2D eigenvalue weighted by atomic mass is 9.82. The van der Waals surface area contributed by atoms with Crippen LogP contribution in [0.5, 0.6) is 11.5 Å². The number of nitrogens with zero attached hydrogens (tertiary/aromatic N) is 1. The van der Waals surface area contributed by atoms with Crippen molar-refractivity contribution in [2.24, 2.45) is 5.92 Å². The fourth-order valence-electron chi connectivity index (χ4n) is 4.35. The molecule has 0 saturated carbocycles. The van der Waals surface area contributed by atoms with E-state index in [1.807, 2.05) is 76.2 Å². The van der Waals surface area contributed by atoms with Crippen LogP contribution in [0.4, 0.5) is 4.79 Å². The van der Waals surface area contributed by atoms with Crippen LogP contribution in [0.1, 0.15) is 45.2 Å². The van der Waals surface area contributed by atoms with Gasteiger partial charge in [0, 0.05) is 6.54 Å². The first-order chi connectivity index (χ1) is 16.8. The minimum Gasteiger partial charge on any atom is -0.490 e. The van der Waals surface area contributed by atoms with Gasteiger partial charge in [-0.25, -0.2) is 4.79 Å². The van der Waals surface area contributed by atoms with Gasteiger partial charge in [-0.2, -0.15) is 0 Å². The Kier molecular flexibility index (Phi) is 8.73. The average Bonchev–Trinajstić information content (AvgIpc) is 3.06. The maximum atomic E-state index is 13.4. The summed E-state index contributed by atoms with van der Waals surface area (Å²) in [4.78, 5) is 39.8. The lowest BCUT2D eigenvalue weighted by Crippen LogP contribution is -2.46. The molecule has 0 spiro atoms. The van der Waals surface area contributed by atoms with Gasteiger partial charge in [0.25, 0.3) is 5.91 Å². The number of carbonyl (C=O) groups is 3. The largest absolute Gasteiger partial charge is 0.490 e. The lowest BCUT2D eigenvalue weighted by molar-refractivity contribution is -0.135. The monoisotopic (exact) mass is 481 g/mol. The highest BCUT2D eigenvalue weighted by molar-refractivity contribution is 6.09. The van der Waals surface area contributed by atoms with Crippen molar-refractivity contribution >= 4 is 17.8 Å². The summed E-state index contributed by atoms with van der Waals surface area (Å²) < 4.78 is 11.2. The van der Waals surface area contributed by atoms with Gasteiger partial charge < -0.3 is 20.1 Å². The summed E-state index contributed by atoms with van der Waals surface area (Å²) in [5.41, 5.74) is 0.535. The Morgan fingerprint density at radius 2 is 1.71 bits per heavy atom. The van der Waals surface area contributed by atoms with Gasteiger partial charge in [-0.15, -0.1) is 0 Å². The first kappa shape index (κ1) is 26.1. The van der Waals surface area contributed by atoms with Crippen molar-refractivity contribution in [2.45, 2.75) is 46.1 Å². The molecule has 0 aromatic heterocycles. The molecule has 2 aromatic rings. The van der Waals surface area contributed by atoms with E-state index in [0.29, 0.717) is 44.1 Å². The molecular formula is C27H35N3O5. The number of benzene rings is 2. The van der Waals surface area contributed by atoms with E-state index < -0.39 is 23.4 Å². The summed E-state index contributed by atoms with van der Waals surface area (Å²) in [6, 6.07) is 14.3. The number of urea groups is 1. The summed E-state index contributed by atoms with van der Waals surface area (Å²) in [5, 5.41) is 5.68. The molecule has 35 heavy (non-hydrogen) atoms. The predicted molar refractivity (Wildman–Crippen MR) is 133 cm³/mol. The topological polar surface area (TPSA) is 97.0 Å². The van der Waals surface area contributed by atoms with Crippen LogP contribution in [-0.4, -0.2) is 49.0 Å². The van der Waals surface area contributed by atoms with E-state index in [0.717, 1.165) is 16.0 Å². The number of amides is 4. The van der Waals surface area contributed by atoms with Crippen LogP contribution in [0.25, 0.3) is 0 Å². The van der Waals surface area contributed by atoms with Crippen molar-refractivity contribution in [3.63, 3.8) is 0 Å². The summed E-state index contributed by atoms with van der Waals surface area (Å²) in [5.74, 6) is 0.719. The van der Waals surface area contributed by atoms with Crippen molar-refractivity contribution in [2.75, 3.05) is 26.3 Å². The van der Waals surface area contributed by atoms with Crippen LogP contribution in [-0.2, 0) is 21.5 Å². The molecule has 0 aliphatic carbocycles. The smallest absolute Gasteiger partial charge is 0.325 e. The molecule has 1 heterocycles. The molecule has 188 valence electrons. The summed E-state index contributed by atoms with van der Waals surface area (Å²) in [7, 11) is 0. The minimum atomic E-state index is -1.16. The first-order valence-electron chi connectivity index (χ1n) is 12.2. The van der Waals surface area contributed by atoms with Gasteiger partial charge in [0.05, 0.1) is 13.2 Å². The van der Waals surface area contributed by atoms with Gasteiger partial charge in [-0.05, 0) is 55.9 Å². The van der Waals surface area contributed by atoms with Crippen LogP contribution in [0.3, 0.4) is 0 Å². The molecule has 8 heteroatoms. The SMILES string of the molecule is CCOc1ccc(CCNC(=O)CN2C(=O)NC(CC(C)C)(c3ccccc3)C2=O)cc1OCC. The zero-order valence-corrected chi connectivity index (χ0v) is 20.9. The minimum absolute atomic E-state index is 0.156. The summed E-state index contributed by atoms with van der Waals surface area (Å²) in [6.07, 6.45) is 1.01. The lowest BCUT2D eigenvalue weighted by Gasteiger charge is -2.29. The Morgan fingerprint density at radius 1 is 1.03 bits per heavy atom. The number of rotatable bonds is 12. The van der Waals surface area contributed by atoms with Gasteiger partial charge in [0.15, 0.2) is 11.5 Å². The molecule has 0 radical (unpaired) electrons. The fourth-order valence-corrected chi connectivity index (χ4v) is 4.35. The number of carbonyl (C=O) groups excluding carboxylic acids is 3. The number of nitrogens with one attached hydrogen (secondary N) is 2.